The lowest BCUT2D eigenvalue weighted by Gasteiger charge is -2.09. The Morgan fingerprint density at radius 2 is 1.79 bits per heavy atom. The molecule has 1 heterocycles. The van der Waals surface area contributed by atoms with E-state index < -0.39 is 6.04 Å². The highest BCUT2D eigenvalue weighted by atomic mass is 16.5. The van der Waals surface area contributed by atoms with E-state index in [0.29, 0.717) is 30.4 Å². The fourth-order valence-electron chi connectivity index (χ4n) is 2.76. The topological polar surface area (TPSA) is 99.6 Å². The molecule has 1 amide bonds. The molecule has 0 spiro atoms. The third kappa shape index (κ3) is 4.89. The fourth-order valence-corrected chi connectivity index (χ4v) is 2.76. The van der Waals surface area contributed by atoms with Gasteiger partial charge in [0.05, 0.1) is 20.3 Å². The Morgan fingerprint density at radius 1 is 1.11 bits per heavy atom. The van der Waals surface area contributed by atoms with Gasteiger partial charge in [0.15, 0.2) is 5.69 Å². The van der Waals surface area contributed by atoms with Crippen molar-refractivity contribution in [3.05, 3.63) is 77.5 Å². The molecule has 0 aliphatic carbocycles. The average Bonchev–Trinajstić information content (AvgIpc) is 3.23. The molecule has 0 aliphatic heterocycles. The number of oxazole rings is 1. The van der Waals surface area contributed by atoms with Gasteiger partial charge in [-0.15, -0.1) is 0 Å². The lowest BCUT2D eigenvalue weighted by atomic mass is 10.1. The first-order valence-corrected chi connectivity index (χ1v) is 8.84. The van der Waals surface area contributed by atoms with Gasteiger partial charge in [-0.25, -0.2) is 4.98 Å². The number of hydrogen-bond donors (Lipinski definition) is 2. The van der Waals surface area contributed by atoms with Crippen molar-refractivity contribution in [1.29, 1.82) is 0 Å². The Bertz CT molecular complexity index is 902. The molecule has 0 saturated carbocycles. The van der Waals surface area contributed by atoms with Crippen molar-refractivity contribution >= 4 is 5.91 Å². The molecule has 7 nitrogen and oxygen atoms in total. The molecule has 3 rings (SSSR count). The number of nitrogens with one attached hydrogen (secondary N) is 1. The van der Waals surface area contributed by atoms with Gasteiger partial charge in [0.1, 0.15) is 17.8 Å². The minimum absolute atomic E-state index is 0.188. The van der Waals surface area contributed by atoms with Crippen LogP contribution < -0.4 is 20.5 Å². The summed E-state index contributed by atoms with van der Waals surface area (Å²) in [6.45, 7) is 0.296. The van der Waals surface area contributed by atoms with Gasteiger partial charge in [0.25, 0.3) is 5.91 Å². The molecular weight excluding hydrogens is 358 g/mol. The highest BCUT2D eigenvalue weighted by Crippen LogP contribution is 2.22. The van der Waals surface area contributed by atoms with Crippen LogP contribution in [0.25, 0.3) is 0 Å². The first kappa shape index (κ1) is 19.4. The zero-order valence-electron chi connectivity index (χ0n) is 15.8. The number of amides is 1. The zero-order valence-corrected chi connectivity index (χ0v) is 15.8. The molecule has 0 aliphatic rings. The van der Waals surface area contributed by atoms with Crippen LogP contribution in [-0.4, -0.2) is 25.1 Å². The van der Waals surface area contributed by atoms with Crippen LogP contribution in [0.15, 0.2) is 59.2 Å². The quantitative estimate of drug-likeness (QED) is 0.622. The second kappa shape index (κ2) is 9.05. The monoisotopic (exact) mass is 381 g/mol. The summed E-state index contributed by atoms with van der Waals surface area (Å²) in [4.78, 5) is 16.6. The Hall–Kier alpha value is -3.32. The van der Waals surface area contributed by atoms with E-state index >= 15 is 0 Å². The highest BCUT2D eigenvalue weighted by Gasteiger charge is 2.17. The maximum atomic E-state index is 12.4. The minimum Gasteiger partial charge on any atom is -0.497 e. The van der Waals surface area contributed by atoms with Gasteiger partial charge in [-0.1, -0.05) is 30.3 Å². The maximum absolute atomic E-state index is 12.4. The zero-order chi connectivity index (χ0) is 19.9. The van der Waals surface area contributed by atoms with Gasteiger partial charge in [-0.3, -0.25) is 4.79 Å². The molecule has 3 N–H and O–H groups in total. The molecule has 1 unspecified atom stereocenters. The molecular formula is C21H23N3O4. The van der Waals surface area contributed by atoms with E-state index in [1.54, 1.807) is 20.3 Å². The normalized spacial score (nSPS) is 11.7. The summed E-state index contributed by atoms with van der Waals surface area (Å²) in [7, 11) is 3.15. The summed E-state index contributed by atoms with van der Waals surface area (Å²) in [5, 5.41) is 2.81. The summed E-state index contributed by atoms with van der Waals surface area (Å²) in [5.74, 6) is 1.29. The highest BCUT2D eigenvalue weighted by molar-refractivity contribution is 5.91. The Morgan fingerprint density at radius 3 is 2.43 bits per heavy atom. The molecule has 2 aromatic carbocycles. The maximum Gasteiger partial charge on any atom is 0.273 e. The largest absolute Gasteiger partial charge is 0.497 e. The third-order valence-electron chi connectivity index (χ3n) is 4.23. The molecule has 0 radical (unpaired) electrons. The molecule has 28 heavy (non-hydrogen) atoms. The Labute approximate surface area is 163 Å². The summed E-state index contributed by atoms with van der Waals surface area (Å²) in [6.07, 6.45) is 1.90. The van der Waals surface area contributed by atoms with Crippen LogP contribution in [0.2, 0.25) is 0 Å². The van der Waals surface area contributed by atoms with Crippen LogP contribution in [-0.2, 0) is 13.0 Å². The van der Waals surface area contributed by atoms with E-state index in [2.05, 4.69) is 10.3 Å². The number of benzene rings is 2. The minimum atomic E-state index is -0.424. The van der Waals surface area contributed by atoms with Crippen LogP contribution >= 0.6 is 0 Å². The number of hydrogen-bond acceptors (Lipinski definition) is 6. The number of rotatable bonds is 8. The predicted octanol–water partition coefficient (Wildman–Crippen LogP) is 2.86. The third-order valence-corrected chi connectivity index (χ3v) is 4.23. The van der Waals surface area contributed by atoms with Gasteiger partial charge in [-0.2, -0.15) is 0 Å². The van der Waals surface area contributed by atoms with Crippen molar-refractivity contribution in [2.45, 2.75) is 19.0 Å². The van der Waals surface area contributed by atoms with E-state index in [1.807, 2.05) is 42.5 Å². The lowest BCUT2D eigenvalue weighted by Crippen LogP contribution is -2.23. The summed E-state index contributed by atoms with van der Waals surface area (Å²) in [6, 6.07) is 14.8. The first-order valence-electron chi connectivity index (χ1n) is 8.84. The van der Waals surface area contributed by atoms with Gasteiger partial charge in [0.2, 0.25) is 5.89 Å². The number of carbonyl (C=O) groups is 1. The molecule has 1 atom stereocenters. The van der Waals surface area contributed by atoms with E-state index in [4.69, 9.17) is 19.6 Å². The smallest absolute Gasteiger partial charge is 0.273 e. The Kier molecular flexibility index (Phi) is 6.29. The summed E-state index contributed by atoms with van der Waals surface area (Å²) in [5.41, 5.74) is 8.26. The summed E-state index contributed by atoms with van der Waals surface area (Å²) >= 11 is 0. The number of nitrogens with two attached hydrogens (primary N) is 1. The van der Waals surface area contributed by atoms with E-state index in [-0.39, 0.29) is 11.6 Å². The summed E-state index contributed by atoms with van der Waals surface area (Å²) < 4.78 is 15.9. The lowest BCUT2D eigenvalue weighted by molar-refractivity contribution is 0.0945. The van der Waals surface area contributed by atoms with Crippen molar-refractivity contribution in [3.63, 3.8) is 0 Å². The number of carbonyl (C=O) groups excluding carboxylic acids is 1. The van der Waals surface area contributed by atoms with Crippen molar-refractivity contribution in [1.82, 2.24) is 10.3 Å². The van der Waals surface area contributed by atoms with E-state index in [9.17, 15) is 4.79 Å². The Balaban J connectivity index is 1.61. The van der Waals surface area contributed by atoms with Crippen LogP contribution in [0.4, 0.5) is 0 Å². The second-order valence-corrected chi connectivity index (χ2v) is 6.27. The predicted molar refractivity (Wildman–Crippen MR) is 104 cm³/mol. The first-order chi connectivity index (χ1) is 13.6. The number of nitrogens with zero attached hydrogens (tertiary/aromatic N) is 1. The molecule has 0 fully saturated rings. The standard InChI is InChI=1S/C21H23N3O4/c1-26-16-8-15(9-17(11-16)27-2)12-23-20(25)19-13-28-21(24-19)18(22)10-14-6-4-3-5-7-14/h3-9,11,13,18H,10,12,22H2,1-2H3,(H,23,25). The molecule has 7 heteroatoms. The van der Waals surface area contributed by atoms with Crippen molar-refractivity contribution in [2.75, 3.05) is 14.2 Å². The van der Waals surface area contributed by atoms with Crippen LogP contribution in [0.3, 0.4) is 0 Å². The van der Waals surface area contributed by atoms with E-state index in [1.165, 1.54) is 6.26 Å². The van der Waals surface area contributed by atoms with Gasteiger partial charge in [0, 0.05) is 12.6 Å². The van der Waals surface area contributed by atoms with E-state index in [0.717, 1.165) is 11.1 Å². The molecule has 0 bridgehead atoms. The van der Waals surface area contributed by atoms with Crippen molar-refractivity contribution in [3.8, 4) is 11.5 Å². The van der Waals surface area contributed by atoms with Crippen molar-refractivity contribution in [2.24, 2.45) is 5.73 Å². The average molecular weight is 381 g/mol. The van der Waals surface area contributed by atoms with Gasteiger partial charge < -0.3 is 24.9 Å². The molecule has 146 valence electrons. The van der Waals surface area contributed by atoms with Gasteiger partial charge in [-0.05, 0) is 29.7 Å². The number of methoxy groups -OCH3 is 2. The molecule has 0 saturated heterocycles. The van der Waals surface area contributed by atoms with Crippen molar-refractivity contribution < 1.29 is 18.7 Å². The SMILES string of the molecule is COc1cc(CNC(=O)c2coc(C(N)Cc3ccccc3)n2)cc(OC)c1. The van der Waals surface area contributed by atoms with Crippen LogP contribution in [0.1, 0.15) is 33.5 Å². The fraction of sp³-hybridized carbons (Fsp3) is 0.238. The van der Waals surface area contributed by atoms with Crippen LogP contribution in [0, 0.1) is 0 Å². The number of aromatic nitrogens is 1. The van der Waals surface area contributed by atoms with Gasteiger partial charge >= 0.3 is 0 Å². The second-order valence-electron chi connectivity index (χ2n) is 6.27. The molecule has 3 aromatic rings. The number of ether oxygens (including phenoxy) is 2. The van der Waals surface area contributed by atoms with Crippen LogP contribution in [0.5, 0.6) is 11.5 Å². The molecule has 1 aromatic heterocycles.